The van der Waals surface area contributed by atoms with Crippen LogP contribution in [0.4, 0.5) is 5.13 Å². The van der Waals surface area contributed by atoms with Crippen LogP contribution in [0.3, 0.4) is 0 Å². The van der Waals surface area contributed by atoms with Crippen LogP contribution in [0.15, 0.2) is 17.6 Å². The number of hydrogen-bond acceptors (Lipinski definition) is 5. The van der Waals surface area contributed by atoms with E-state index in [1.54, 1.807) is 11.3 Å². The fraction of sp³-hybridized carbons (Fsp3) is 0.591. The summed E-state index contributed by atoms with van der Waals surface area (Å²) in [5, 5.41) is 15.4. The van der Waals surface area contributed by atoms with Gasteiger partial charge in [0.25, 0.3) is 5.91 Å². The summed E-state index contributed by atoms with van der Waals surface area (Å²) in [6.45, 7) is 4.72. The van der Waals surface area contributed by atoms with Crippen LogP contribution in [0.2, 0.25) is 0 Å². The van der Waals surface area contributed by atoms with Crippen LogP contribution >= 0.6 is 11.3 Å². The van der Waals surface area contributed by atoms with Crippen molar-refractivity contribution in [1.29, 1.82) is 0 Å². The molecule has 1 aliphatic heterocycles. The molecule has 0 radical (unpaired) electrons. The number of aromatic nitrogens is 2. The van der Waals surface area contributed by atoms with Crippen molar-refractivity contribution in [2.45, 2.75) is 64.5 Å². The van der Waals surface area contributed by atoms with Crippen molar-refractivity contribution in [1.82, 2.24) is 14.9 Å². The number of anilines is 1. The number of nitrogens with one attached hydrogen (secondary N) is 1. The quantitative estimate of drug-likeness (QED) is 0.730. The molecule has 4 rings (SSSR count). The number of aliphatic carboxylic acids is 1. The fourth-order valence-electron chi connectivity index (χ4n) is 4.50. The van der Waals surface area contributed by atoms with Crippen molar-refractivity contribution in [3.63, 3.8) is 0 Å². The van der Waals surface area contributed by atoms with Gasteiger partial charge in [-0.2, -0.15) is 0 Å². The van der Waals surface area contributed by atoms with Crippen LogP contribution in [-0.4, -0.2) is 45.7 Å². The summed E-state index contributed by atoms with van der Waals surface area (Å²) >= 11 is 1.68. The topological polar surface area (TPSA) is 87.5 Å². The minimum atomic E-state index is -0.725. The number of carbonyl (C=O) groups excluding carboxylic acids is 1. The summed E-state index contributed by atoms with van der Waals surface area (Å²) in [7, 11) is 0. The smallest absolute Gasteiger partial charge is 0.306 e. The van der Waals surface area contributed by atoms with Crippen molar-refractivity contribution in [2.24, 2.45) is 5.92 Å². The predicted molar refractivity (Wildman–Crippen MR) is 117 cm³/mol. The lowest BCUT2D eigenvalue weighted by Crippen LogP contribution is -2.39. The maximum absolute atomic E-state index is 12.9. The summed E-state index contributed by atoms with van der Waals surface area (Å²) in [4.78, 5) is 31.2. The van der Waals surface area contributed by atoms with Gasteiger partial charge in [-0.1, -0.05) is 0 Å². The summed E-state index contributed by atoms with van der Waals surface area (Å²) < 4.78 is 1.97. The average molecular weight is 431 g/mol. The Balaban J connectivity index is 1.39. The molecule has 0 unspecified atom stereocenters. The Hall–Kier alpha value is -2.35. The third-order valence-corrected chi connectivity index (χ3v) is 7.13. The zero-order valence-corrected chi connectivity index (χ0v) is 18.3. The van der Waals surface area contributed by atoms with E-state index in [2.05, 4.69) is 15.6 Å². The van der Waals surface area contributed by atoms with E-state index in [0.29, 0.717) is 37.9 Å². The van der Waals surface area contributed by atoms with Gasteiger partial charge in [-0.3, -0.25) is 9.59 Å². The molecule has 2 N–H and O–H groups in total. The Bertz CT molecular complexity index is 892. The van der Waals surface area contributed by atoms with Gasteiger partial charge in [0.2, 0.25) is 0 Å². The van der Waals surface area contributed by atoms with Gasteiger partial charge in [0, 0.05) is 30.7 Å². The number of carboxylic acid groups (broad SMARTS) is 1. The molecule has 0 atom stereocenters. The number of nitrogens with zero attached hydrogens (tertiary/aromatic N) is 3. The number of rotatable bonds is 6. The van der Waals surface area contributed by atoms with Crippen LogP contribution in [0.25, 0.3) is 0 Å². The molecule has 2 aromatic rings. The van der Waals surface area contributed by atoms with Crippen LogP contribution in [0.5, 0.6) is 0 Å². The summed E-state index contributed by atoms with van der Waals surface area (Å²) in [6.07, 6.45) is 8.43. The van der Waals surface area contributed by atoms with Crippen LogP contribution < -0.4 is 10.2 Å². The van der Waals surface area contributed by atoms with Crippen molar-refractivity contribution in [3.05, 3.63) is 34.6 Å². The second-order valence-electron chi connectivity index (χ2n) is 8.56. The number of carbonyl (C=O) groups is 2. The molecule has 7 nitrogen and oxygen atoms in total. The third kappa shape index (κ3) is 4.86. The zero-order valence-electron chi connectivity index (χ0n) is 17.5. The number of carboxylic acids is 1. The Labute approximate surface area is 181 Å². The highest BCUT2D eigenvalue weighted by Crippen LogP contribution is 2.26. The first-order valence-electron chi connectivity index (χ1n) is 10.9. The van der Waals surface area contributed by atoms with Crippen molar-refractivity contribution in [2.75, 3.05) is 18.0 Å². The van der Waals surface area contributed by atoms with Gasteiger partial charge >= 0.3 is 5.97 Å². The minimum absolute atomic E-state index is 0.0433. The summed E-state index contributed by atoms with van der Waals surface area (Å²) in [5.74, 6) is -1.09. The van der Waals surface area contributed by atoms with Crippen molar-refractivity contribution < 1.29 is 14.7 Å². The monoisotopic (exact) mass is 430 g/mol. The molecular weight excluding hydrogens is 400 g/mol. The summed E-state index contributed by atoms with van der Waals surface area (Å²) in [6, 6.07) is 1.96. The van der Waals surface area contributed by atoms with Crippen LogP contribution in [-0.2, 0) is 11.3 Å². The van der Waals surface area contributed by atoms with Gasteiger partial charge in [0.15, 0.2) is 5.13 Å². The van der Waals surface area contributed by atoms with E-state index in [0.717, 1.165) is 29.5 Å². The number of aryl methyl sites for hydroxylation is 1. The molecule has 0 spiro atoms. The molecule has 2 aliphatic rings. The Morgan fingerprint density at radius 1 is 1.20 bits per heavy atom. The molecule has 162 valence electrons. The average Bonchev–Trinajstić information content (AvgIpc) is 3.36. The second kappa shape index (κ2) is 9.20. The SMILES string of the molecule is Cc1cc(C(=O)N[C@H]2CC[C@H](C(=O)O)CC2)n(Cc2csc(N3CCCCC3)n2)c1. The van der Waals surface area contributed by atoms with E-state index < -0.39 is 5.97 Å². The van der Waals surface area contributed by atoms with E-state index in [9.17, 15) is 9.59 Å². The first kappa shape index (κ1) is 20.9. The van der Waals surface area contributed by atoms with E-state index >= 15 is 0 Å². The fourth-order valence-corrected chi connectivity index (χ4v) is 5.37. The van der Waals surface area contributed by atoms with E-state index in [-0.39, 0.29) is 17.9 Å². The maximum Gasteiger partial charge on any atom is 0.306 e. The highest BCUT2D eigenvalue weighted by Gasteiger charge is 2.27. The lowest BCUT2D eigenvalue weighted by Gasteiger charge is -2.27. The first-order valence-corrected chi connectivity index (χ1v) is 11.8. The zero-order chi connectivity index (χ0) is 21.1. The van der Waals surface area contributed by atoms with Crippen LogP contribution in [0, 0.1) is 12.8 Å². The highest BCUT2D eigenvalue weighted by molar-refractivity contribution is 7.13. The third-order valence-electron chi connectivity index (χ3n) is 6.18. The Morgan fingerprint density at radius 3 is 2.63 bits per heavy atom. The largest absolute Gasteiger partial charge is 0.481 e. The number of thiazole rings is 1. The summed E-state index contributed by atoms with van der Waals surface area (Å²) in [5.41, 5.74) is 2.66. The molecule has 0 bridgehead atoms. The molecule has 1 saturated carbocycles. The molecular formula is C22H30N4O3S. The highest BCUT2D eigenvalue weighted by atomic mass is 32.1. The molecule has 0 aromatic carbocycles. The van der Waals surface area contributed by atoms with Crippen LogP contribution in [0.1, 0.15) is 66.7 Å². The van der Waals surface area contributed by atoms with Gasteiger partial charge in [-0.25, -0.2) is 4.98 Å². The van der Waals surface area contributed by atoms with Gasteiger partial charge in [0.1, 0.15) is 5.69 Å². The first-order chi connectivity index (χ1) is 14.5. The minimum Gasteiger partial charge on any atom is -0.481 e. The molecule has 8 heteroatoms. The van der Waals surface area contributed by atoms with E-state index in [4.69, 9.17) is 10.1 Å². The molecule has 2 aromatic heterocycles. The molecule has 2 fully saturated rings. The van der Waals surface area contributed by atoms with Gasteiger partial charge in [-0.15, -0.1) is 11.3 Å². The molecule has 3 heterocycles. The maximum atomic E-state index is 12.9. The Kier molecular flexibility index (Phi) is 6.41. The number of amides is 1. The van der Waals surface area contributed by atoms with E-state index in [1.807, 2.05) is 23.8 Å². The van der Waals surface area contributed by atoms with Gasteiger partial charge in [0.05, 0.1) is 18.2 Å². The molecule has 1 amide bonds. The lowest BCUT2D eigenvalue weighted by atomic mass is 9.86. The number of hydrogen-bond donors (Lipinski definition) is 2. The molecule has 30 heavy (non-hydrogen) atoms. The van der Waals surface area contributed by atoms with Crippen molar-refractivity contribution in [3.8, 4) is 0 Å². The van der Waals surface area contributed by atoms with Gasteiger partial charge < -0.3 is 19.9 Å². The molecule has 1 aliphatic carbocycles. The number of piperidine rings is 1. The lowest BCUT2D eigenvalue weighted by molar-refractivity contribution is -0.142. The van der Waals surface area contributed by atoms with Gasteiger partial charge in [-0.05, 0) is 63.5 Å². The Morgan fingerprint density at radius 2 is 1.93 bits per heavy atom. The van der Waals surface area contributed by atoms with Crippen molar-refractivity contribution >= 4 is 28.3 Å². The standard InChI is InChI=1S/C22H30N4O3S/c1-15-11-19(20(27)23-17-7-5-16(6-8-17)21(28)29)26(12-15)13-18-14-30-22(24-18)25-9-3-2-4-10-25/h11-12,14,16-17H,2-10,13H2,1H3,(H,23,27)(H,28,29)/t16-,17-. The van der Waals surface area contributed by atoms with E-state index in [1.165, 1.54) is 19.3 Å². The predicted octanol–water partition coefficient (Wildman–Crippen LogP) is 3.66. The second-order valence-corrected chi connectivity index (χ2v) is 9.40. The molecule has 1 saturated heterocycles. The normalized spacial score (nSPS) is 22.1.